The number of methoxy groups -OCH3 is 1. The number of hydrogen-bond acceptors (Lipinski definition) is 3. The van der Waals surface area contributed by atoms with Crippen molar-refractivity contribution in [3.05, 3.63) is 23.8 Å². The van der Waals surface area contributed by atoms with E-state index in [-0.39, 0.29) is 29.7 Å². The van der Waals surface area contributed by atoms with Crippen molar-refractivity contribution in [2.75, 3.05) is 26.7 Å². The number of guanidine groups is 1. The zero-order chi connectivity index (χ0) is 17.9. The second kappa shape index (κ2) is 13.0. The third kappa shape index (κ3) is 9.66. The van der Waals surface area contributed by atoms with Gasteiger partial charge in [-0.05, 0) is 37.0 Å². The molecule has 8 heteroatoms. The third-order valence-electron chi connectivity index (χ3n) is 3.11. The van der Waals surface area contributed by atoms with Crippen LogP contribution >= 0.6 is 24.0 Å². The Labute approximate surface area is 165 Å². The minimum Gasteiger partial charge on any atom is -0.493 e. The van der Waals surface area contributed by atoms with Crippen LogP contribution in [-0.4, -0.2) is 39.3 Å². The molecular formula is C17H28F2IN3O2. The molecule has 2 N–H and O–H groups in total. The van der Waals surface area contributed by atoms with Crippen LogP contribution in [0.2, 0.25) is 0 Å². The lowest BCUT2D eigenvalue weighted by Crippen LogP contribution is -2.38. The molecule has 1 aromatic rings. The van der Waals surface area contributed by atoms with E-state index in [9.17, 15) is 8.78 Å². The van der Waals surface area contributed by atoms with E-state index >= 15 is 0 Å². The number of ether oxygens (including phenoxy) is 2. The molecule has 5 nitrogen and oxygen atoms in total. The Morgan fingerprint density at radius 2 is 1.92 bits per heavy atom. The van der Waals surface area contributed by atoms with Crippen molar-refractivity contribution in [1.29, 1.82) is 0 Å². The van der Waals surface area contributed by atoms with Crippen molar-refractivity contribution in [1.82, 2.24) is 10.6 Å². The Morgan fingerprint density at radius 3 is 2.48 bits per heavy atom. The van der Waals surface area contributed by atoms with E-state index in [2.05, 4.69) is 34.2 Å². The molecule has 144 valence electrons. The smallest absolute Gasteiger partial charge is 0.387 e. The highest BCUT2D eigenvalue weighted by Crippen LogP contribution is 2.29. The van der Waals surface area contributed by atoms with E-state index in [1.807, 2.05) is 13.0 Å². The van der Waals surface area contributed by atoms with Gasteiger partial charge in [0.2, 0.25) is 0 Å². The summed E-state index contributed by atoms with van der Waals surface area (Å²) in [5, 5.41) is 6.41. The Balaban J connectivity index is 0.00000576. The van der Waals surface area contributed by atoms with Crippen molar-refractivity contribution < 1.29 is 18.3 Å². The molecular weight excluding hydrogens is 443 g/mol. The first-order valence-electron chi connectivity index (χ1n) is 8.10. The van der Waals surface area contributed by atoms with E-state index in [0.29, 0.717) is 24.6 Å². The molecule has 0 radical (unpaired) electrons. The van der Waals surface area contributed by atoms with Crippen LogP contribution < -0.4 is 20.1 Å². The summed E-state index contributed by atoms with van der Waals surface area (Å²) in [5.41, 5.74) is 0.874. The van der Waals surface area contributed by atoms with Gasteiger partial charge in [-0.25, -0.2) is 0 Å². The fraction of sp³-hybridized carbons (Fsp3) is 0.588. The molecule has 0 heterocycles. The second-order valence-corrected chi connectivity index (χ2v) is 5.65. The number of hydrogen-bond donors (Lipinski definition) is 2. The Bertz CT molecular complexity index is 529. The van der Waals surface area contributed by atoms with Crippen LogP contribution in [-0.2, 0) is 6.42 Å². The van der Waals surface area contributed by atoms with Gasteiger partial charge in [0.15, 0.2) is 17.5 Å². The molecule has 0 spiro atoms. The Hall–Kier alpha value is -1.32. The number of rotatable bonds is 9. The fourth-order valence-corrected chi connectivity index (χ4v) is 2.01. The number of benzene rings is 1. The number of halogens is 3. The number of nitrogens with zero attached hydrogens (tertiary/aromatic N) is 1. The molecule has 0 unspecified atom stereocenters. The number of nitrogens with one attached hydrogen (secondary N) is 2. The largest absolute Gasteiger partial charge is 0.493 e. The lowest BCUT2D eigenvalue weighted by atomic mass is 10.1. The normalized spacial score (nSPS) is 11.3. The fourth-order valence-electron chi connectivity index (χ4n) is 2.01. The maximum atomic E-state index is 12.4. The first-order valence-corrected chi connectivity index (χ1v) is 8.10. The molecule has 25 heavy (non-hydrogen) atoms. The predicted octanol–water partition coefficient (Wildman–Crippen LogP) is 3.67. The van der Waals surface area contributed by atoms with Gasteiger partial charge in [0.25, 0.3) is 0 Å². The van der Waals surface area contributed by atoms with E-state index in [1.165, 1.54) is 7.11 Å². The highest BCUT2D eigenvalue weighted by Gasteiger charge is 2.11. The average molecular weight is 471 g/mol. The summed E-state index contributed by atoms with van der Waals surface area (Å²) >= 11 is 0. The van der Waals surface area contributed by atoms with Gasteiger partial charge in [0.1, 0.15) is 0 Å². The molecule has 0 saturated heterocycles. The maximum Gasteiger partial charge on any atom is 0.387 e. The third-order valence-corrected chi connectivity index (χ3v) is 3.11. The van der Waals surface area contributed by atoms with Crippen molar-refractivity contribution in [2.45, 2.75) is 33.8 Å². The molecule has 0 aliphatic rings. The summed E-state index contributed by atoms with van der Waals surface area (Å²) in [6.45, 7) is 5.48. The van der Waals surface area contributed by atoms with Crippen LogP contribution in [0.4, 0.5) is 8.78 Å². The Morgan fingerprint density at radius 1 is 1.20 bits per heavy atom. The maximum absolute atomic E-state index is 12.4. The molecule has 1 aromatic carbocycles. The minimum absolute atomic E-state index is 0. The van der Waals surface area contributed by atoms with Gasteiger partial charge in [0, 0.05) is 19.6 Å². The lowest BCUT2D eigenvalue weighted by molar-refractivity contribution is -0.0512. The topological polar surface area (TPSA) is 54.9 Å². The van der Waals surface area contributed by atoms with Crippen molar-refractivity contribution in [2.24, 2.45) is 10.9 Å². The standard InChI is InChI=1S/C17H27F2N3O2.HI/c1-5-20-17(22-11-12(2)3)21-9-8-13-6-7-14(23-4)15(10-13)24-16(18)19;/h6-7,10,12,16H,5,8-9,11H2,1-4H3,(H2,20,21,22);1H. The van der Waals surface area contributed by atoms with Gasteiger partial charge in [-0.3, -0.25) is 4.99 Å². The van der Waals surface area contributed by atoms with Crippen molar-refractivity contribution in [3.63, 3.8) is 0 Å². The molecule has 0 bridgehead atoms. The highest BCUT2D eigenvalue weighted by molar-refractivity contribution is 14.0. The molecule has 0 aliphatic carbocycles. The van der Waals surface area contributed by atoms with Crippen LogP contribution in [0.25, 0.3) is 0 Å². The minimum atomic E-state index is -2.88. The summed E-state index contributed by atoms with van der Waals surface area (Å²) in [4.78, 5) is 4.48. The molecule has 0 saturated carbocycles. The summed E-state index contributed by atoms with van der Waals surface area (Å²) in [5.74, 6) is 1.57. The summed E-state index contributed by atoms with van der Waals surface area (Å²) < 4.78 is 34.4. The molecule has 0 fully saturated rings. The summed E-state index contributed by atoms with van der Waals surface area (Å²) in [7, 11) is 1.42. The van der Waals surface area contributed by atoms with E-state index in [4.69, 9.17) is 4.74 Å². The monoisotopic (exact) mass is 471 g/mol. The van der Waals surface area contributed by atoms with Crippen LogP contribution in [0.1, 0.15) is 26.3 Å². The van der Waals surface area contributed by atoms with Crippen molar-refractivity contribution in [3.8, 4) is 11.5 Å². The van der Waals surface area contributed by atoms with Gasteiger partial charge in [-0.1, -0.05) is 19.9 Å². The molecule has 0 atom stereocenters. The lowest BCUT2D eigenvalue weighted by Gasteiger charge is -2.13. The van der Waals surface area contributed by atoms with Gasteiger partial charge < -0.3 is 20.1 Å². The summed E-state index contributed by atoms with van der Waals surface area (Å²) in [6.07, 6.45) is 0.648. The van der Waals surface area contributed by atoms with E-state index in [0.717, 1.165) is 24.6 Å². The first kappa shape index (κ1) is 23.7. The Kier molecular flexibility index (Phi) is 12.3. The van der Waals surface area contributed by atoms with Crippen LogP contribution in [0.15, 0.2) is 23.2 Å². The van der Waals surface area contributed by atoms with Gasteiger partial charge >= 0.3 is 6.61 Å². The van der Waals surface area contributed by atoms with Crippen LogP contribution in [0, 0.1) is 5.92 Å². The van der Waals surface area contributed by atoms with Gasteiger partial charge in [0.05, 0.1) is 7.11 Å². The SMILES string of the molecule is CCNC(=NCC(C)C)NCCc1ccc(OC)c(OC(F)F)c1.I. The number of aliphatic imine (C=N–C) groups is 1. The van der Waals surface area contributed by atoms with Gasteiger partial charge in [-0.15, -0.1) is 24.0 Å². The highest BCUT2D eigenvalue weighted by atomic mass is 127. The second-order valence-electron chi connectivity index (χ2n) is 5.65. The zero-order valence-corrected chi connectivity index (χ0v) is 17.5. The first-order chi connectivity index (χ1) is 11.5. The summed E-state index contributed by atoms with van der Waals surface area (Å²) in [6, 6.07) is 5.03. The molecule has 0 amide bonds. The van der Waals surface area contributed by atoms with Crippen molar-refractivity contribution >= 4 is 29.9 Å². The van der Waals surface area contributed by atoms with E-state index in [1.54, 1.807) is 12.1 Å². The predicted molar refractivity (Wildman–Crippen MR) is 108 cm³/mol. The molecule has 0 aliphatic heterocycles. The van der Waals surface area contributed by atoms with Gasteiger partial charge in [-0.2, -0.15) is 8.78 Å². The molecule has 1 rings (SSSR count). The van der Waals surface area contributed by atoms with Crippen LogP contribution in [0.3, 0.4) is 0 Å². The van der Waals surface area contributed by atoms with E-state index < -0.39 is 6.61 Å². The molecule has 0 aromatic heterocycles. The van der Waals surface area contributed by atoms with Crippen LogP contribution in [0.5, 0.6) is 11.5 Å². The quantitative estimate of drug-likeness (QED) is 0.328. The number of alkyl halides is 2. The zero-order valence-electron chi connectivity index (χ0n) is 15.1. The average Bonchev–Trinajstić information content (AvgIpc) is 2.52.